The quantitative estimate of drug-likeness (QED) is 0.0513. The van der Waals surface area contributed by atoms with Crippen molar-refractivity contribution in [3.8, 4) is 0 Å². The molecule has 0 aliphatic heterocycles. The van der Waals surface area contributed by atoms with Crippen LogP contribution in [0, 0.1) is 0 Å². The topological polar surface area (TPSA) is 59.1 Å². The van der Waals surface area contributed by atoms with Crippen LogP contribution in [0.3, 0.4) is 0 Å². The van der Waals surface area contributed by atoms with Gasteiger partial charge >= 0.3 is 11.9 Å². The molecule has 290 valence electrons. The summed E-state index contributed by atoms with van der Waals surface area (Å²) in [6.45, 7) is 14.9. The predicted molar refractivity (Wildman–Crippen MR) is 213 cm³/mol. The molecular formula is C44H80N2O4. The van der Waals surface area contributed by atoms with Gasteiger partial charge in [0.1, 0.15) is 13.2 Å². The second-order valence-corrected chi connectivity index (χ2v) is 14.5. The fourth-order valence-electron chi connectivity index (χ4n) is 6.74. The number of unbranched alkanes of at least 4 members (excludes halogenated alkanes) is 22. The van der Waals surface area contributed by atoms with Crippen LogP contribution in [0.25, 0.3) is 0 Å². The van der Waals surface area contributed by atoms with Crippen molar-refractivity contribution >= 4 is 11.9 Å². The van der Waals surface area contributed by atoms with Crippen LogP contribution in [0.15, 0.2) is 24.3 Å². The van der Waals surface area contributed by atoms with Gasteiger partial charge in [-0.2, -0.15) is 0 Å². The van der Waals surface area contributed by atoms with Crippen molar-refractivity contribution in [2.45, 2.75) is 182 Å². The molecule has 1 aromatic rings. The van der Waals surface area contributed by atoms with Gasteiger partial charge in [0.05, 0.1) is 11.1 Å². The lowest BCUT2D eigenvalue weighted by Gasteiger charge is -2.20. The maximum absolute atomic E-state index is 13.0. The Morgan fingerprint density at radius 3 is 0.980 bits per heavy atom. The van der Waals surface area contributed by atoms with Crippen molar-refractivity contribution in [3.05, 3.63) is 35.4 Å². The lowest BCUT2D eigenvalue weighted by molar-refractivity contribution is 0.0417. The van der Waals surface area contributed by atoms with Gasteiger partial charge in [-0.25, -0.2) is 9.59 Å². The van der Waals surface area contributed by atoms with Crippen LogP contribution in [0.1, 0.15) is 203 Å². The molecule has 6 nitrogen and oxygen atoms in total. The van der Waals surface area contributed by atoms with E-state index in [1.165, 1.54) is 154 Å². The molecule has 0 aliphatic carbocycles. The van der Waals surface area contributed by atoms with Gasteiger partial charge in [0.15, 0.2) is 0 Å². The molecule has 0 atom stereocenters. The maximum Gasteiger partial charge on any atom is 0.339 e. The molecule has 0 N–H and O–H groups in total. The van der Waals surface area contributed by atoms with Crippen LogP contribution in [0.2, 0.25) is 0 Å². The largest absolute Gasteiger partial charge is 0.461 e. The molecule has 0 unspecified atom stereocenters. The number of likely N-dealkylation sites (N-methyl/N-ethyl adjacent to an activating group) is 2. The lowest BCUT2D eigenvalue weighted by atomic mass is 10.1. The maximum atomic E-state index is 13.0. The monoisotopic (exact) mass is 701 g/mol. The number of esters is 2. The molecular weight excluding hydrogens is 620 g/mol. The SMILES string of the molecule is CCCCCCCCCCCCCCN(CC)CCOC(=O)c1ccccc1C(=O)OCCN(CC)CCCCCCCCCCCCCC. The molecule has 0 spiro atoms. The summed E-state index contributed by atoms with van der Waals surface area (Å²) < 4.78 is 11.3. The molecule has 1 aromatic carbocycles. The second-order valence-electron chi connectivity index (χ2n) is 14.5. The lowest BCUT2D eigenvalue weighted by Crippen LogP contribution is -2.30. The van der Waals surface area contributed by atoms with Gasteiger partial charge in [-0.15, -0.1) is 0 Å². The molecule has 0 saturated heterocycles. The minimum absolute atomic E-state index is 0.283. The molecule has 0 saturated carbocycles. The summed E-state index contributed by atoms with van der Waals surface area (Å²) in [4.78, 5) is 30.7. The summed E-state index contributed by atoms with van der Waals surface area (Å²) in [6.07, 6.45) is 32.4. The van der Waals surface area contributed by atoms with Crippen LogP contribution < -0.4 is 0 Å². The van der Waals surface area contributed by atoms with Crippen molar-refractivity contribution < 1.29 is 19.1 Å². The third kappa shape index (κ3) is 25.1. The Bertz CT molecular complexity index is 850. The van der Waals surface area contributed by atoms with Crippen molar-refractivity contribution in [2.24, 2.45) is 0 Å². The Morgan fingerprint density at radius 1 is 0.420 bits per heavy atom. The second kappa shape index (κ2) is 34.2. The Morgan fingerprint density at radius 2 is 0.700 bits per heavy atom. The van der Waals surface area contributed by atoms with Crippen LogP contribution in [-0.4, -0.2) is 74.2 Å². The van der Waals surface area contributed by atoms with Gasteiger partial charge in [-0.1, -0.05) is 181 Å². The van der Waals surface area contributed by atoms with Gasteiger partial charge in [0, 0.05) is 13.1 Å². The summed E-state index contributed by atoms with van der Waals surface area (Å²) in [5.41, 5.74) is 0.565. The Labute approximate surface area is 309 Å². The van der Waals surface area contributed by atoms with Crippen LogP contribution >= 0.6 is 0 Å². The molecule has 0 amide bonds. The number of carbonyl (C=O) groups excluding carboxylic acids is 2. The average Bonchev–Trinajstić information content (AvgIpc) is 3.14. The summed E-state index contributed by atoms with van der Waals surface area (Å²) in [7, 11) is 0. The van der Waals surface area contributed by atoms with Gasteiger partial charge in [-0.3, -0.25) is 0 Å². The number of hydrogen-bond acceptors (Lipinski definition) is 6. The summed E-state index contributed by atoms with van der Waals surface area (Å²) >= 11 is 0. The van der Waals surface area contributed by atoms with E-state index >= 15 is 0 Å². The Kier molecular flexibility index (Phi) is 31.5. The van der Waals surface area contributed by atoms with E-state index in [2.05, 4.69) is 37.5 Å². The molecule has 50 heavy (non-hydrogen) atoms. The highest BCUT2D eigenvalue weighted by molar-refractivity contribution is 6.03. The predicted octanol–water partition coefficient (Wildman–Crippen LogP) is 12.0. The molecule has 0 aliphatic rings. The highest BCUT2D eigenvalue weighted by Gasteiger charge is 2.19. The van der Waals surface area contributed by atoms with Gasteiger partial charge in [-0.05, 0) is 51.2 Å². The highest BCUT2D eigenvalue weighted by Crippen LogP contribution is 2.15. The van der Waals surface area contributed by atoms with Gasteiger partial charge in [0.2, 0.25) is 0 Å². The third-order valence-electron chi connectivity index (χ3n) is 10.2. The van der Waals surface area contributed by atoms with Crippen LogP contribution in [0.5, 0.6) is 0 Å². The van der Waals surface area contributed by atoms with Gasteiger partial charge in [0.25, 0.3) is 0 Å². The zero-order chi connectivity index (χ0) is 36.3. The Hall–Kier alpha value is -1.92. The standard InChI is InChI=1S/C44H80N2O4/c1-5-9-11-13-15-17-19-21-23-25-27-31-35-45(7-3)37-39-49-43(47)41-33-29-30-34-42(41)44(48)50-40-38-46(8-4)36-32-28-26-24-22-20-18-16-14-12-10-6-2/h29-30,33-34H,5-28,31-32,35-40H2,1-4H3. The molecule has 6 heteroatoms. The number of rotatable bonds is 36. The number of hydrogen-bond donors (Lipinski definition) is 0. The third-order valence-corrected chi connectivity index (χ3v) is 10.2. The van der Waals surface area contributed by atoms with Gasteiger partial charge < -0.3 is 19.3 Å². The average molecular weight is 701 g/mol. The van der Waals surface area contributed by atoms with E-state index in [0.717, 1.165) is 26.2 Å². The minimum atomic E-state index is -0.457. The number of benzene rings is 1. The first-order valence-corrected chi connectivity index (χ1v) is 21.4. The van der Waals surface area contributed by atoms with E-state index in [4.69, 9.17) is 9.47 Å². The van der Waals surface area contributed by atoms with Crippen molar-refractivity contribution in [1.82, 2.24) is 9.80 Å². The number of ether oxygens (including phenoxy) is 2. The highest BCUT2D eigenvalue weighted by atomic mass is 16.5. The van der Waals surface area contributed by atoms with Crippen molar-refractivity contribution in [2.75, 3.05) is 52.5 Å². The van der Waals surface area contributed by atoms with Crippen LogP contribution in [0.4, 0.5) is 0 Å². The molecule has 0 aromatic heterocycles. The smallest absolute Gasteiger partial charge is 0.339 e. The summed E-state index contributed by atoms with van der Waals surface area (Å²) in [6, 6.07) is 6.86. The Balaban J connectivity index is 2.22. The number of carbonyl (C=O) groups is 2. The normalized spacial score (nSPS) is 11.5. The first-order valence-electron chi connectivity index (χ1n) is 21.4. The fraction of sp³-hybridized carbons (Fsp3) is 0.818. The van der Waals surface area contributed by atoms with Crippen LogP contribution in [-0.2, 0) is 9.47 Å². The zero-order valence-electron chi connectivity index (χ0n) is 33.5. The summed E-state index contributed by atoms with van der Waals surface area (Å²) in [5, 5.41) is 0. The van der Waals surface area contributed by atoms with E-state index in [0.29, 0.717) is 26.3 Å². The molecule has 0 bridgehead atoms. The molecule has 1 rings (SSSR count). The fourth-order valence-corrected chi connectivity index (χ4v) is 6.74. The van der Waals surface area contributed by atoms with E-state index in [1.807, 2.05) is 0 Å². The molecule has 0 radical (unpaired) electrons. The van der Waals surface area contributed by atoms with E-state index < -0.39 is 11.9 Å². The van der Waals surface area contributed by atoms with E-state index in [1.54, 1.807) is 24.3 Å². The van der Waals surface area contributed by atoms with Crippen molar-refractivity contribution in [3.63, 3.8) is 0 Å². The molecule has 0 heterocycles. The van der Waals surface area contributed by atoms with Crippen molar-refractivity contribution in [1.29, 1.82) is 0 Å². The first-order chi connectivity index (χ1) is 24.6. The first kappa shape index (κ1) is 46.1. The molecule has 0 fully saturated rings. The van der Waals surface area contributed by atoms with E-state index in [-0.39, 0.29) is 11.1 Å². The van der Waals surface area contributed by atoms with E-state index in [9.17, 15) is 9.59 Å². The number of nitrogens with zero attached hydrogens (tertiary/aromatic N) is 2. The minimum Gasteiger partial charge on any atom is -0.461 e. The summed E-state index contributed by atoms with van der Waals surface area (Å²) in [5.74, 6) is -0.915. The zero-order valence-corrected chi connectivity index (χ0v) is 33.5.